The number of phenols is 1. The van der Waals surface area contributed by atoms with E-state index in [1.807, 2.05) is 12.1 Å². The maximum absolute atomic E-state index is 12.3. The number of phenolic OH excluding ortho intramolecular Hbond substituents is 1. The number of aromatic hydroxyl groups is 1. The molecule has 0 radical (unpaired) electrons. The Bertz CT molecular complexity index is 985. The van der Waals surface area contributed by atoms with Gasteiger partial charge in [0.05, 0.1) is 32.6 Å². The van der Waals surface area contributed by atoms with E-state index in [-0.39, 0.29) is 23.7 Å². The number of ether oxygens (including phenoxy) is 4. The molecular formula is C20H19NO6S. The van der Waals surface area contributed by atoms with Crippen LogP contribution in [-0.2, 0) is 11.3 Å². The Labute approximate surface area is 166 Å². The molecule has 0 amide bonds. The number of hydrogen-bond acceptors (Lipinski definition) is 8. The molecule has 1 heterocycles. The Morgan fingerprint density at radius 2 is 1.75 bits per heavy atom. The lowest BCUT2D eigenvalue weighted by Gasteiger charge is -2.10. The highest BCUT2D eigenvalue weighted by Crippen LogP contribution is 2.39. The molecule has 0 bridgehead atoms. The van der Waals surface area contributed by atoms with E-state index in [4.69, 9.17) is 18.9 Å². The third-order valence-corrected chi connectivity index (χ3v) is 4.90. The molecule has 0 aliphatic rings. The molecule has 0 unspecified atom stereocenters. The quantitative estimate of drug-likeness (QED) is 0.601. The zero-order valence-corrected chi connectivity index (χ0v) is 16.4. The second-order valence-corrected chi connectivity index (χ2v) is 6.48. The summed E-state index contributed by atoms with van der Waals surface area (Å²) in [5.41, 5.74) is 1.40. The van der Waals surface area contributed by atoms with Crippen LogP contribution in [0.15, 0.2) is 41.8 Å². The van der Waals surface area contributed by atoms with Gasteiger partial charge in [-0.3, -0.25) is 0 Å². The number of hydrogen-bond donors (Lipinski definition) is 1. The molecule has 1 N–H and O–H groups in total. The van der Waals surface area contributed by atoms with Gasteiger partial charge in [0, 0.05) is 5.38 Å². The number of rotatable bonds is 7. The minimum absolute atomic E-state index is 0.0295. The molecule has 0 atom stereocenters. The predicted molar refractivity (Wildman–Crippen MR) is 104 cm³/mol. The average Bonchev–Trinajstić information content (AvgIpc) is 3.20. The molecule has 0 saturated heterocycles. The van der Waals surface area contributed by atoms with E-state index >= 15 is 0 Å². The van der Waals surface area contributed by atoms with Gasteiger partial charge in [0.2, 0.25) is 0 Å². The molecule has 8 heteroatoms. The van der Waals surface area contributed by atoms with Crippen molar-refractivity contribution in [3.63, 3.8) is 0 Å². The first-order valence-corrected chi connectivity index (χ1v) is 9.15. The second-order valence-electron chi connectivity index (χ2n) is 5.62. The standard InChI is InChI=1S/C20H19NO6S/c1-24-15-8-4-6-13(17(15)22)20(23)27-10-12-11-28-19(21-12)14-7-5-9-16(25-2)18(14)26-3/h4-9,11,22H,10H2,1-3H3. The van der Waals surface area contributed by atoms with Crippen molar-refractivity contribution in [1.82, 2.24) is 4.98 Å². The summed E-state index contributed by atoms with van der Waals surface area (Å²) in [6, 6.07) is 10.2. The number of esters is 1. The third-order valence-electron chi connectivity index (χ3n) is 3.98. The largest absolute Gasteiger partial charge is 0.504 e. The monoisotopic (exact) mass is 401 g/mol. The van der Waals surface area contributed by atoms with Crippen molar-refractivity contribution in [2.75, 3.05) is 21.3 Å². The van der Waals surface area contributed by atoms with E-state index in [1.165, 1.54) is 24.5 Å². The lowest BCUT2D eigenvalue weighted by atomic mass is 10.2. The zero-order valence-electron chi connectivity index (χ0n) is 15.6. The molecule has 0 aliphatic carbocycles. The minimum Gasteiger partial charge on any atom is -0.504 e. The van der Waals surface area contributed by atoms with Gasteiger partial charge in [-0.05, 0) is 24.3 Å². The van der Waals surface area contributed by atoms with Crippen LogP contribution in [0.5, 0.6) is 23.0 Å². The van der Waals surface area contributed by atoms with E-state index < -0.39 is 5.97 Å². The van der Waals surface area contributed by atoms with Crippen LogP contribution in [0.2, 0.25) is 0 Å². The Morgan fingerprint density at radius 3 is 2.46 bits per heavy atom. The van der Waals surface area contributed by atoms with Gasteiger partial charge < -0.3 is 24.1 Å². The van der Waals surface area contributed by atoms with Gasteiger partial charge in [-0.1, -0.05) is 12.1 Å². The van der Waals surface area contributed by atoms with Crippen LogP contribution < -0.4 is 14.2 Å². The van der Waals surface area contributed by atoms with Gasteiger partial charge in [-0.2, -0.15) is 0 Å². The number of nitrogens with zero attached hydrogens (tertiary/aromatic N) is 1. The number of benzene rings is 2. The smallest absolute Gasteiger partial charge is 0.342 e. The van der Waals surface area contributed by atoms with Gasteiger partial charge in [0.1, 0.15) is 17.2 Å². The van der Waals surface area contributed by atoms with Crippen LogP contribution in [0.25, 0.3) is 10.6 Å². The highest BCUT2D eigenvalue weighted by Gasteiger charge is 2.18. The number of carbonyl (C=O) groups is 1. The predicted octanol–water partition coefficient (Wildman–Crippen LogP) is 3.90. The van der Waals surface area contributed by atoms with Gasteiger partial charge in [-0.25, -0.2) is 9.78 Å². The fourth-order valence-electron chi connectivity index (χ4n) is 2.62. The minimum atomic E-state index is -0.662. The van der Waals surface area contributed by atoms with Crippen LogP contribution in [-0.4, -0.2) is 37.4 Å². The van der Waals surface area contributed by atoms with Crippen LogP contribution >= 0.6 is 11.3 Å². The Morgan fingerprint density at radius 1 is 1.04 bits per heavy atom. The highest BCUT2D eigenvalue weighted by molar-refractivity contribution is 7.13. The van der Waals surface area contributed by atoms with Crippen molar-refractivity contribution >= 4 is 17.3 Å². The number of methoxy groups -OCH3 is 3. The molecule has 146 valence electrons. The van der Waals surface area contributed by atoms with Gasteiger partial charge in [-0.15, -0.1) is 11.3 Å². The van der Waals surface area contributed by atoms with Crippen molar-refractivity contribution in [3.05, 3.63) is 53.0 Å². The summed E-state index contributed by atoms with van der Waals surface area (Å²) < 4.78 is 21.0. The third kappa shape index (κ3) is 3.86. The molecule has 7 nitrogen and oxygen atoms in total. The van der Waals surface area contributed by atoms with Crippen molar-refractivity contribution < 1.29 is 28.8 Å². The summed E-state index contributed by atoms with van der Waals surface area (Å²) in [6.07, 6.45) is 0. The lowest BCUT2D eigenvalue weighted by molar-refractivity contribution is 0.0464. The van der Waals surface area contributed by atoms with Crippen molar-refractivity contribution in [1.29, 1.82) is 0 Å². The maximum Gasteiger partial charge on any atom is 0.342 e. The molecular weight excluding hydrogens is 382 g/mol. The number of para-hydroxylation sites is 2. The highest BCUT2D eigenvalue weighted by atomic mass is 32.1. The van der Waals surface area contributed by atoms with Crippen LogP contribution in [0.1, 0.15) is 16.1 Å². The molecule has 3 aromatic rings. The van der Waals surface area contributed by atoms with Gasteiger partial charge >= 0.3 is 5.97 Å². The number of carbonyl (C=O) groups excluding carboxylic acids is 1. The number of thiazole rings is 1. The first-order chi connectivity index (χ1) is 13.6. The summed E-state index contributed by atoms with van der Waals surface area (Å²) in [5, 5.41) is 12.6. The summed E-state index contributed by atoms with van der Waals surface area (Å²) >= 11 is 1.40. The average molecular weight is 401 g/mol. The fraction of sp³-hybridized carbons (Fsp3) is 0.200. The summed E-state index contributed by atoms with van der Waals surface area (Å²) in [6.45, 7) is -0.0295. The normalized spacial score (nSPS) is 10.4. The van der Waals surface area contributed by atoms with Crippen LogP contribution in [0, 0.1) is 0 Å². The van der Waals surface area contributed by atoms with E-state index in [2.05, 4.69) is 4.98 Å². The van der Waals surface area contributed by atoms with Crippen LogP contribution in [0.4, 0.5) is 0 Å². The zero-order chi connectivity index (χ0) is 20.1. The molecule has 3 rings (SSSR count). The first kappa shape index (κ1) is 19.5. The van der Waals surface area contributed by atoms with E-state index in [9.17, 15) is 9.90 Å². The fourth-order valence-corrected chi connectivity index (χ4v) is 3.45. The Balaban J connectivity index is 1.75. The summed E-state index contributed by atoms with van der Waals surface area (Å²) in [4.78, 5) is 16.8. The summed E-state index contributed by atoms with van der Waals surface area (Å²) in [5.74, 6) is 0.483. The molecule has 2 aromatic carbocycles. The molecule has 0 aliphatic heterocycles. The molecule has 28 heavy (non-hydrogen) atoms. The maximum atomic E-state index is 12.3. The molecule has 1 aromatic heterocycles. The van der Waals surface area contributed by atoms with E-state index in [0.717, 1.165) is 5.56 Å². The van der Waals surface area contributed by atoms with Crippen molar-refractivity contribution in [3.8, 4) is 33.6 Å². The summed E-state index contributed by atoms with van der Waals surface area (Å²) in [7, 11) is 4.55. The Kier molecular flexibility index (Phi) is 6.00. The Hall–Kier alpha value is -3.26. The van der Waals surface area contributed by atoms with Crippen molar-refractivity contribution in [2.24, 2.45) is 0 Å². The van der Waals surface area contributed by atoms with Gasteiger partial charge in [0.15, 0.2) is 23.0 Å². The molecule has 0 fully saturated rings. The molecule has 0 spiro atoms. The van der Waals surface area contributed by atoms with E-state index in [0.29, 0.717) is 22.2 Å². The van der Waals surface area contributed by atoms with Crippen LogP contribution in [0.3, 0.4) is 0 Å². The van der Waals surface area contributed by atoms with Crippen molar-refractivity contribution in [2.45, 2.75) is 6.61 Å². The molecule has 0 saturated carbocycles. The lowest BCUT2D eigenvalue weighted by Crippen LogP contribution is -2.06. The second kappa shape index (κ2) is 8.62. The first-order valence-electron chi connectivity index (χ1n) is 8.27. The van der Waals surface area contributed by atoms with Gasteiger partial charge in [0.25, 0.3) is 0 Å². The number of aromatic nitrogens is 1. The van der Waals surface area contributed by atoms with E-state index in [1.54, 1.807) is 37.8 Å². The SMILES string of the molecule is COc1cccc(C(=O)OCc2csc(-c3cccc(OC)c3OC)n2)c1O. The topological polar surface area (TPSA) is 87.1 Å².